The second kappa shape index (κ2) is 4.52. The number of benzene rings is 1. The second-order valence-corrected chi connectivity index (χ2v) is 4.79. The minimum atomic E-state index is -0.970. The molecule has 0 aliphatic heterocycles. The van der Waals surface area contributed by atoms with Gasteiger partial charge in [0.25, 0.3) is 0 Å². The number of aryl methyl sites for hydroxylation is 1. The molecule has 0 spiro atoms. The molecular weight excluding hydrogens is 256 g/mol. The maximum absolute atomic E-state index is 11.5. The summed E-state index contributed by atoms with van der Waals surface area (Å²) in [5.41, 5.74) is 3.59. The lowest BCUT2D eigenvalue weighted by molar-refractivity contribution is 0.0682. The summed E-state index contributed by atoms with van der Waals surface area (Å²) in [5.74, 6) is -0.751. The molecule has 5 heteroatoms. The van der Waals surface area contributed by atoms with Gasteiger partial charge in [0.15, 0.2) is 0 Å². The Hall–Kier alpha value is -2.56. The van der Waals surface area contributed by atoms with Gasteiger partial charge in [0.1, 0.15) is 11.4 Å². The van der Waals surface area contributed by atoms with Crippen molar-refractivity contribution >= 4 is 5.97 Å². The lowest BCUT2D eigenvalue weighted by Gasteiger charge is -2.15. The van der Waals surface area contributed by atoms with Gasteiger partial charge in [-0.15, -0.1) is 6.58 Å². The molecule has 0 radical (unpaired) electrons. The summed E-state index contributed by atoms with van der Waals surface area (Å²) < 4.78 is 1.47. The van der Waals surface area contributed by atoms with Gasteiger partial charge in [0, 0.05) is 11.1 Å². The molecule has 0 fully saturated rings. The molecular formula is C15H14N2O3. The van der Waals surface area contributed by atoms with Gasteiger partial charge in [-0.05, 0) is 36.6 Å². The van der Waals surface area contributed by atoms with Crippen LogP contribution in [0.5, 0.6) is 5.75 Å². The van der Waals surface area contributed by atoms with Crippen LogP contribution in [-0.2, 0) is 19.4 Å². The molecule has 0 atom stereocenters. The maximum Gasteiger partial charge on any atom is 0.354 e. The molecule has 1 aliphatic carbocycles. The lowest BCUT2D eigenvalue weighted by Crippen LogP contribution is -2.12. The molecule has 1 aromatic carbocycles. The highest BCUT2D eigenvalue weighted by atomic mass is 16.4. The number of carboxylic acid groups (broad SMARTS) is 1. The number of rotatable bonds is 3. The second-order valence-electron chi connectivity index (χ2n) is 4.79. The minimum Gasteiger partial charge on any atom is -0.508 e. The summed E-state index contributed by atoms with van der Waals surface area (Å²) in [5, 5.41) is 23.3. The molecule has 0 unspecified atom stereocenters. The third kappa shape index (κ3) is 1.79. The molecule has 0 bridgehead atoms. The number of carboxylic acids is 1. The molecule has 3 rings (SSSR count). The molecule has 102 valence electrons. The van der Waals surface area contributed by atoms with E-state index in [0.29, 0.717) is 25.1 Å². The quantitative estimate of drug-likeness (QED) is 0.839. The minimum absolute atomic E-state index is 0.219. The average Bonchev–Trinajstić information content (AvgIpc) is 2.77. The largest absolute Gasteiger partial charge is 0.508 e. The zero-order valence-corrected chi connectivity index (χ0v) is 10.8. The Bertz CT molecular complexity index is 716. The zero-order valence-electron chi connectivity index (χ0n) is 10.8. The fourth-order valence-electron chi connectivity index (χ4n) is 2.72. The molecule has 0 saturated carbocycles. The van der Waals surface area contributed by atoms with E-state index in [0.717, 1.165) is 16.7 Å². The monoisotopic (exact) mass is 270 g/mol. The summed E-state index contributed by atoms with van der Waals surface area (Å²) in [4.78, 5) is 11.5. The van der Waals surface area contributed by atoms with Gasteiger partial charge in [-0.3, -0.25) is 4.68 Å². The Labute approximate surface area is 115 Å². The lowest BCUT2D eigenvalue weighted by atomic mass is 9.89. The van der Waals surface area contributed by atoms with Gasteiger partial charge in [-0.2, -0.15) is 5.10 Å². The highest BCUT2D eigenvalue weighted by molar-refractivity contribution is 5.91. The Morgan fingerprint density at radius 1 is 1.45 bits per heavy atom. The average molecular weight is 270 g/mol. The summed E-state index contributed by atoms with van der Waals surface area (Å²) in [6, 6.07) is 5.10. The normalized spacial score (nSPS) is 12.6. The molecule has 1 aliphatic rings. The fraction of sp³-hybridized carbons (Fsp3) is 0.200. The van der Waals surface area contributed by atoms with Crippen LogP contribution in [0.4, 0.5) is 0 Å². The summed E-state index contributed by atoms with van der Waals surface area (Å²) in [7, 11) is 0. The summed E-state index contributed by atoms with van der Waals surface area (Å²) in [6.45, 7) is 3.99. The number of allylic oxidation sites excluding steroid dienone is 1. The number of hydrogen-bond donors (Lipinski definition) is 2. The van der Waals surface area contributed by atoms with E-state index in [4.69, 9.17) is 0 Å². The van der Waals surface area contributed by atoms with Crippen molar-refractivity contribution in [2.24, 2.45) is 0 Å². The molecule has 0 amide bonds. The van der Waals surface area contributed by atoms with Crippen molar-refractivity contribution in [1.29, 1.82) is 0 Å². The van der Waals surface area contributed by atoms with Gasteiger partial charge in [-0.25, -0.2) is 4.79 Å². The Kier molecular flexibility index (Phi) is 2.82. The maximum atomic E-state index is 11.5. The first-order valence-electron chi connectivity index (χ1n) is 6.38. The van der Waals surface area contributed by atoms with E-state index >= 15 is 0 Å². The molecule has 1 heterocycles. The van der Waals surface area contributed by atoms with E-state index in [1.807, 2.05) is 0 Å². The van der Waals surface area contributed by atoms with Crippen LogP contribution in [0.25, 0.3) is 11.3 Å². The Balaban J connectivity index is 2.23. The third-order valence-corrected chi connectivity index (χ3v) is 3.54. The number of aromatic carboxylic acids is 1. The van der Waals surface area contributed by atoms with Gasteiger partial charge >= 0.3 is 5.97 Å². The van der Waals surface area contributed by atoms with Gasteiger partial charge in [-0.1, -0.05) is 6.08 Å². The topological polar surface area (TPSA) is 75.4 Å². The van der Waals surface area contributed by atoms with Crippen LogP contribution >= 0.6 is 0 Å². The Morgan fingerprint density at radius 2 is 2.25 bits per heavy atom. The SMILES string of the molecule is C=CCn1nc2c(c1C(=O)O)CCc1cc(O)ccc1-2. The molecule has 2 aromatic rings. The van der Waals surface area contributed by atoms with E-state index < -0.39 is 5.97 Å². The third-order valence-electron chi connectivity index (χ3n) is 3.54. The Morgan fingerprint density at radius 3 is 2.95 bits per heavy atom. The van der Waals surface area contributed by atoms with Gasteiger partial charge < -0.3 is 10.2 Å². The molecule has 0 saturated heterocycles. The number of carbonyl (C=O) groups is 1. The van der Waals surface area contributed by atoms with E-state index in [2.05, 4.69) is 11.7 Å². The molecule has 5 nitrogen and oxygen atoms in total. The fourth-order valence-corrected chi connectivity index (χ4v) is 2.72. The molecule has 20 heavy (non-hydrogen) atoms. The number of aromatic hydroxyl groups is 1. The van der Waals surface area contributed by atoms with Crippen LogP contribution in [0.2, 0.25) is 0 Å². The number of fused-ring (bicyclic) bond motifs is 3. The van der Waals surface area contributed by atoms with E-state index in [1.54, 1.807) is 24.3 Å². The highest BCUT2D eigenvalue weighted by Crippen LogP contribution is 2.36. The van der Waals surface area contributed by atoms with Crippen LogP contribution in [0.15, 0.2) is 30.9 Å². The number of hydrogen-bond acceptors (Lipinski definition) is 3. The van der Waals surface area contributed by atoms with Crippen molar-refractivity contribution in [2.45, 2.75) is 19.4 Å². The number of aromatic nitrogens is 2. The first-order valence-corrected chi connectivity index (χ1v) is 6.38. The van der Waals surface area contributed by atoms with Crippen molar-refractivity contribution in [3.8, 4) is 17.0 Å². The summed E-state index contributed by atoms with van der Waals surface area (Å²) >= 11 is 0. The number of phenolic OH excluding ortho intramolecular Hbond substituents is 1. The smallest absolute Gasteiger partial charge is 0.354 e. The number of phenols is 1. The van der Waals surface area contributed by atoms with Crippen LogP contribution in [0.3, 0.4) is 0 Å². The predicted molar refractivity (Wildman–Crippen MR) is 73.9 cm³/mol. The molecule has 2 N–H and O–H groups in total. The summed E-state index contributed by atoms with van der Waals surface area (Å²) in [6.07, 6.45) is 2.95. The van der Waals surface area contributed by atoms with Crippen LogP contribution in [-0.4, -0.2) is 26.0 Å². The van der Waals surface area contributed by atoms with E-state index in [1.165, 1.54) is 4.68 Å². The first-order chi connectivity index (χ1) is 9.61. The van der Waals surface area contributed by atoms with Crippen molar-refractivity contribution in [3.63, 3.8) is 0 Å². The number of nitrogens with zero attached hydrogens (tertiary/aromatic N) is 2. The van der Waals surface area contributed by atoms with Crippen molar-refractivity contribution < 1.29 is 15.0 Å². The highest BCUT2D eigenvalue weighted by Gasteiger charge is 2.27. The van der Waals surface area contributed by atoms with E-state index in [9.17, 15) is 15.0 Å². The van der Waals surface area contributed by atoms with Gasteiger partial charge in [0.2, 0.25) is 0 Å². The zero-order chi connectivity index (χ0) is 14.3. The van der Waals surface area contributed by atoms with Crippen molar-refractivity contribution in [2.75, 3.05) is 0 Å². The molecule has 1 aromatic heterocycles. The standard InChI is InChI=1S/C15H14N2O3/c1-2-7-17-14(15(19)20)12-5-3-9-8-10(18)4-6-11(9)13(12)16-17/h2,4,6,8,18H,1,3,5,7H2,(H,19,20). The van der Waals surface area contributed by atoms with Crippen LogP contribution in [0.1, 0.15) is 21.6 Å². The van der Waals surface area contributed by atoms with Gasteiger partial charge in [0.05, 0.1) is 12.2 Å². The van der Waals surface area contributed by atoms with Crippen molar-refractivity contribution in [1.82, 2.24) is 9.78 Å². The van der Waals surface area contributed by atoms with Crippen molar-refractivity contribution in [3.05, 3.63) is 47.7 Å². The predicted octanol–water partition coefficient (Wildman–Crippen LogP) is 2.24. The van der Waals surface area contributed by atoms with Crippen LogP contribution < -0.4 is 0 Å². The van der Waals surface area contributed by atoms with E-state index in [-0.39, 0.29) is 11.4 Å². The first kappa shape index (κ1) is 12.5. The van der Waals surface area contributed by atoms with Crippen LogP contribution in [0, 0.1) is 0 Å².